The van der Waals surface area contributed by atoms with Gasteiger partial charge in [0.25, 0.3) is 0 Å². The molecular weight excluding hydrogens is 288 g/mol. The standard InChI is InChI=1S/C13H30O3Si3/c1-9-11-12(14-10-2)13(17,15-18(3,4)5)16-19(6,7)8/h10-11H,2,9H2,1,3-8,17H3. The summed E-state index contributed by atoms with van der Waals surface area (Å²) in [5.41, 5.74) is -0.681. The minimum Gasteiger partial charge on any atom is -0.465 e. The van der Waals surface area contributed by atoms with Gasteiger partial charge in [-0.15, -0.1) is 0 Å². The molecule has 0 spiro atoms. The predicted molar refractivity (Wildman–Crippen MR) is 91.2 cm³/mol. The molecule has 0 fully saturated rings. The van der Waals surface area contributed by atoms with Gasteiger partial charge >= 0.3 is 0 Å². The van der Waals surface area contributed by atoms with Gasteiger partial charge in [0.15, 0.2) is 27.8 Å². The van der Waals surface area contributed by atoms with Crippen LogP contribution in [0, 0.1) is 0 Å². The monoisotopic (exact) mass is 318 g/mol. The topological polar surface area (TPSA) is 27.7 Å². The van der Waals surface area contributed by atoms with Crippen molar-refractivity contribution in [3.63, 3.8) is 0 Å². The Kier molecular flexibility index (Phi) is 6.98. The van der Waals surface area contributed by atoms with Crippen molar-refractivity contribution in [2.24, 2.45) is 0 Å². The lowest BCUT2D eigenvalue weighted by molar-refractivity contribution is -0.0512. The Hall–Kier alpha value is -0.149. The van der Waals surface area contributed by atoms with Crippen LogP contribution in [0.5, 0.6) is 0 Å². The first kappa shape index (κ1) is 18.9. The van der Waals surface area contributed by atoms with Crippen molar-refractivity contribution >= 4 is 26.9 Å². The summed E-state index contributed by atoms with van der Waals surface area (Å²) in [4.78, 5) is 0. The fraction of sp³-hybridized carbons (Fsp3) is 0.692. The van der Waals surface area contributed by atoms with Crippen molar-refractivity contribution in [2.45, 2.75) is 58.0 Å². The van der Waals surface area contributed by atoms with E-state index in [1.165, 1.54) is 6.26 Å². The molecule has 0 unspecified atom stereocenters. The molecule has 0 aromatic heterocycles. The Balaban J connectivity index is 5.45. The molecule has 0 aromatic carbocycles. The summed E-state index contributed by atoms with van der Waals surface area (Å²) >= 11 is 0. The Morgan fingerprint density at radius 3 is 1.79 bits per heavy atom. The Morgan fingerprint density at radius 1 is 1.11 bits per heavy atom. The van der Waals surface area contributed by atoms with Gasteiger partial charge in [0, 0.05) is 0 Å². The highest BCUT2D eigenvalue weighted by atomic mass is 28.4. The van der Waals surface area contributed by atoms with Gasteiger partial charge in [-0.3, -0.25) is 0 Å². The number of ether oxygens (including phenoxy) is 1. The van der Waals surface area contributed by atoms with Crippen molar-refractivity contribution in [3.05, 3.63) is 24.7 Å². The Bertz CT molecular complexity index is 311. The van der Waals surface area contributed by atoms with Gasteiger partial charge in [-0.05, 0) is 51.8 Å². The molecule has 0 radical (unpaired) electrons. The Morgan fingerprint density at radius 2 is 1.53 bits per heavy atom. The van der Waals surface area contributed by atoms with Crippen molar-refractivity contribution in [1.82, 2.24) is 0 Å². The summed E-state index contributed by atoms with van der Waals surface area (Å²) in [5, 5.41) is 0. The van der Waals surface area contributed by atoms with E-state index in [0.717, 1.165) is 22.4 Å². The van der Waals surface area contributed by atoms with Crippen LogP contribution >= 0.6 is 0 Å². The summed E-state index contributed by atoms with van der Waals surface area (Å²) in [6, 6.07) is 0. The summed E-state index contributed by atoms with van der Waals surface area (Å²) in [7, 11) is -2.75. The Labute approximate surface area is 123 Å². The van der Waals surface area contributed by atoms with Crippen molar-refractivity contribution in [2.75, 3.05) is 0 Å². The predicted octanol–water partition coefficient (Wildman–Crippen LogP) is 3.16. The molecule has 0 bridgehead atoms. The fourth-order valence-electron chi connectivity index (χ4n) is 1.91. The van der Waals surface area contributed by atoms with E-state index in [1.54, 1.807) is 0 Å². The normalized spacial score (nSPS) is 14.6. The van der Waals surface area contributed by atoms with Crippen molar-refractivity contribution < 1.29 is 13.6 Å². The second-order valence-corrected chi connectivity index (χ2v) is 16.8. The van der Waals surface area contributed by atoms with E-state index in [-0.39, 0.29) is 0 Å². The van der Waals surface area contributed by atoms with E-state index in [0.29, 0.717) is 0 Å². The van der Waals surface area contributed by atoms with Crippen LogP contribution in [0.4, 0.5) is 0 Å². The van der Waals surface area contributed by atoms with Gasteiger partial charge in [-0.2, -0.15) is 0 Å². The second kappa shape index (κ2) is 7.03. The molecular formula is C13H30O3Si3. The first-order valence-electron chi connectivity index (χ1n) is 6.82. The molecule has 0 rings (SSSR count). The molecule has 112 valence electrons. The maximum absolute atomic E-state index is 6.34. The molecule has 0 saturated carbocycles. The molecule has 6 heteroatoms. The molecule has 3 nitrogen and oxygen atoms in total. The van der Waals surface area contributed by atoms with Gasteiger partial charge in [0.05, 0.1) is 16.5 Å². The fourth-order valence-corrected chi connectivity index (χ4v) is 8.61. The van der Waals surface area contributed by atoms with E-state index in [1.807, 2.05) is 6.08 Å². The number of hydrogen-bond donors (Lipinski definition) is 0. The van der Waals surface area contributed by atoms with Crippen LogP contribution in [0.1, 0.15) is 13.3 Å². The third-order valence-electron chi connectivity index (χ3n) is 2.05. The van der Waals surface area contributed by atoms with Crippen LogP contribution in [0.3, 0.4) is 0 Å². The largest absolute Gasteiger partial charge is 0.465 e. The zero-order valence-electron chi connectivity index (χ0n) is 13.8. The molecule has 0 saturated heterocycles. The number of rotatable bonds is 8. The molecule has 0 aliphatic rings. The van der Waals surface area contributed by atoms with E-state index in [4.69, 9.17) is 13.6 Å². The van der Waals surface area contributed by atoms with E-state index in [2.05, 4.69) is 52.8 Å². The van der Waals surface area contributed by atoms with Gasteiger partial charge in [0.2, 0.25) is 0 Å². The zero-order chi connectivity index (χ0) is 15.3. The number of allylic oxidation sites excluding steroid dienone is 1. The lowest BCUT2D eigenvalue weighted by Gasteiger charge is -2.41. The molecule has 0 aliphatic heterocycles. The molecule has 0 amide bonds. The zero-order valence-corrected chi connectivity index (χ0v) is 17.8. The van der Waals surface area contributed by atoms with Crippen molar-refractivity contribution in [1.29, 1.82) is 0 Å². The first-order chi connectivity index (χ1) is 8.43. The summed E-state index contributed by atoms with van der Waals surface area (Å²) < 4.78 is 18.3. The van der Waals surface area contributed by atoms with E-state index in [9.17, 15) is 0 Å². The summed E-state index contributed by atoms with van der Waals surface area (Å²) in [6.45, 7) is 18.8. The molecule has 0 aromatic rings. The minimum absolute atomic E-state index is 0.681. The molecule has 19 heavy (non-hydrogen) atoms. The van der Waals surface area contributed by atoms with E-state index < -0.39 is 22.0 Å². The van der Waals surface area contributed by atoms with Crippen LogP contribution in [0.25, 0.3) is 0 Å². The molecule has 0 N–H and O–H groups in total. The quantitative estimate of drug-likeness (QED) is 0.391. The van der Waals surface area contributed by atoms with Crippen LogP contribution in [-0.2, 0) is 13.6 Å². The highest BCUT2D eigenvalue weighted by molar-refractivity contribution is 6.71. The second-order valence-electron chi connectivity index (χ2n) is 6.64. The first-order valence-corrected chi connectivity index (χ1v) is 14.6. The summed E-state index contributed by atoms with van der Waals surface area (Å²) in [6.07, 6.45) is 4.38. The maximum atomic E-state index is 6.34. The van der Waals surface area contributed by atoms with Crippen LogP contribution in [0.2, 0.25) is 39.3 Å². The minimum atomic E-state index is -1.74. The summed E-state index contributed by atoms with van der Waals surface area (Å²) in [5.74, 6) is 0.765. The SMILES string of the molecule is C=COC(=CCC)C([SiH3])(O[Si](C)(C)C)O[Si](C)(C)C. The van der Waals surface area contributed by atoms with Crippen LogP contribution in [-0.4, -0.2) is 32.3 Å². The van der Waals surface area contributed by atoms with Crippen molar-refractivity contribution in [3.8, 4) is 0 Å². The third-order valence-corrected chi connectivity index (χ3v) is 5.77. The van der Waals surface area contributed by atoms with Gasteiger partial charge in [-0.25, -0.2) is 0 Å². The molecule has 0 heterocycles. The van der Waals surface area contributed by atoms with E-state index >= 15 is 0 Å². The van der Waals surface area contributed by atoms with Gasteiger partial charge in [-0.1, -0.05) is 13.5 Å². The van der Waals surface area contributed by atoms with Crippen LogP contribution in [0.15, 0.2) is 24.7 Å². The average molecular weight is 319 g/mol. The highest BCUT2D eigenvalue weighted by Crippen LogP contribution is 2.29. The van der Waals surface area contributed by atoms with Gasteiger partial charge in [0.1, 0.15) is 0 Å². The number of hydrogen-bond acceptors (Lipinski definition) is 3. The third kappa shape index (κ3) is 7.88. The maximum Gasteiger partial charge on any atom is 0.187 e. The average Bonchev–Trinajstić information content (AvgIpc) is 2.11. The lowest BCUT2D eigenvalue weighted by Crippen LogP contribution is -2.52. The smallest absolute Gasteiger partial charge is 0.187 e. The highest BCUT2D eigenvalue weighted by Gasteiger charge is 2.40. The molecule has 0 atom stereocenters. The van der Waals surface area contributed by atoms with Gasteiger partial charge < -0.3 is 13.6 Å². The molecule has 0 aliphatic carbocycles. The van der Waals surface area contributed by atoms with Crippen LogP contribution < -0.4 is 0 Å². The lowest BCUT2D eigenvalue weighted by atomic mass is 10.3.